The maximum atomic E-state index is 14.5. The number of methoxy groups -OCH3 is 1. The number of anilines is 1. The van der Waals surface area contributed by atoms with Gasteiger partial charge in [0.05, 0.1) is 0 Å². The molecule has 122 valence electrons. The second-order valence-corrected chi connectivity index (χ2v) is 5.12. The lowest BCUT2D eigenvalue weighted by Crippen LogP contribution is -2.47. The number of aliphatic hydroxyl groups excluding tert-OH is 1. The molecule has 1 aromatic heterocycles. The zero-order valence-electron chi connectivity index (χ0n) is 11.3. The van der Waals surface area contributed by atoms with Gasteiger partial charge in [0.25, 0.3) is 0 Å². The van der Waals surface area contributed by atoms with Crippen LogP contribution in [-0.2, 0) is 18.6 Å². The van der Waals surface area contributed by atoms with Crippen molar-refractivity contribution < 1.29 is 33.0 Å². The molecule has 2 rings (SSSR count). The minimum Gasteiger partial charge on any atom is -0.391 e. The molecule has 0 radical (unpaired) electrons. The Morgan fingerprint density at radius 2 is 2.36 bits per heavy atom. The average Bonchev–Trinajstić information content (AvgIpc) is 2.73. The molecule has 12 heteroatoms. The fraction of sp³-hybridized carbons (Fsp3) is 0.600. The summed E-state index contributed by atoms with van der Waals surface area (Å²) >= 11 is 0. The minimum absolute atomic E-state index is 0.0685. The van der Waals surface area contributed by atoms with Crippen LogP contribution >= 0.6 is 8.25 Å². The number of aromatic nitrogens is 2. The van der Waals surface area contributed by atoms with Gasteiger partial charge in [-0.05, 0) is 6.07 Å². The first-order valence-corrected chi connectivity index (χ1v) is 7.13. The Morgan fingerprint density at radius 3 is 2.86 bits per heavy atom. The van der Waals surface area contributed by atoms with Crippen molar-refractivity contribution in [2.24, 2.45) is 0 Å². The van der Waals surface area contributed by atoms with Gasteiger partial charge in [-0.2, -0.15) is 4.98 Å². The lowest BCUT2D eigenvalue weighted by molar-refractivity contribution is -0.266. The summed E-state index contributed by atoms with van der Waals surface area (Å²) in [7, 11) is -2.10. The quantitative estimate of drug-likeness (QED) is 0.579. The predicted molar refractivity (Wildman–Crippen MR) is 69.5 cm³/mol. The van der Waals surface area contributed by atoms with Gasteiger partial charge in [0, 0.05) is 17.9 Å². The molecule has 0 saturated carbocycles. The summed E-state index contributed by atoms with van der Waals surface area (Å²) in [6.45, 7) is -0.870. The third-order valence-electron chi connectivity index (χ3n) is 3.21. The van der Waals surface area contributed by atoms with Crippen molar-refractivity contribution in [1.29, 1.82) is 0 Å². The topological polar surface area (TPSA) is 146 Å². The summed E-state index contributed by atoms with van der Waals surface area (Å²) < 4.78 is 40.9. The molecule has 10 nitrogen and oxygen atoms in total. The fourth-order valence-electron chi connectivity index (χ4n) is 2.15. The van der Waals surface area contributed by atoms with E-state index >= 15 is 0 Å². The molecule has 1 aromatic rings. The smallest absolute Gasteiger partial charge is 0.391 e. The van der Waals surface area contributed by atoms with E-state index in [1.54, 1.807) is 0 Å². The molecule has 1 aliphatic heterocycles. The number of hydrogen-bond acceptors (Lipinski definition) is 8. The van der Waals surface area contributed by atoms with E-state index in [4.69, 9.17) is 20.1 Å². The van der Waals surface area contributed by atoms with E-state index in [1.807, 2.05) is 0 Å². The summed E-state index contributed by atoms with van der Waals surface area (Å²) in [6, 6.07) is 1.24. The normalized spacial score (nSPS) is 32.2. The Morgan fingerprint density at radius 1 is 1.68 bits per heavy atom. The first-order valence-electron chi connectivity index (χ1n) is 6.00. The van der Waals surface area contributed by atoms with Crippen LogP contribution < -0.4 is 11.4 Å². The van der Waals surface area contributed by atoms with Gasteiger partial charge in [0.1, 0.15) is 12.4 Å². The number of nitrogens with two attached hydrogens (primary N) is 1. The van der Waals surface area contributed by atoms with Crippen molar-refractivity contribution in [3.05, 3.63) is 22.7 Å². The zero-order chi connectivity index (χ0) is 16.5. The maximum Gasteiger partial charge on any atom is 0.695 e. The van der Waals surface area contributed by atoms with Crippen LogP contribution in [0.1, 0.15) is 6.23 Å². The van der Waals surface area contributed by atoms with Crippen molar-refractivity contribution in [3.8, 4) is 0 Å². The van der Waals surface area contributed by atoms with Crippen LogP contribution in [0.3, 0.4) is 0 Å². The van der Waals surface area contributed by atoms with Crippen LogP contribution in [0, 0.1) is 0 Å². The van der Waals surface area contributed by atoms with Crippen molar-refractivity contribution in [2.45, 2.75) is 24.3 Å². The molecule has 1 fully saturated rings. The van der Waals surface area contributed by atoms with Crippen LogP contribution in [0.15, 0.2) is 17.1 Å². The summed E-state index contributed by atoms with van der Waals surface area (Å²) in [5.41, 5.74) is 4.44. The molecular weight excluding hydrogens is 324 g/mol. The Balaban J connectivity index is 2.42. The first kappa shape index (κ1) is 16.9. The van der Waals surface area contributed by atoms with E-state index in [0.717, 1.165) is 17.9 Å². The van der Waals surface area contributed by atoms with Crippen molar-refractivity contribution in [2.75, 3.05) is 19.5 Å². The minimum atomic E-state index is -3.19. The Hall–Kier alpha value is -1.49. The lowest BCUT2D eigenvalue weighted by Gasteiger charge is -2.27. The van der Waals surface area contributed by atoms with Crippen LogP contribution in [0.2, 0.25) is 0 Å². The molecular formula is C10H14FN3O7P+. The standard InChI is InChI=1S/C10H13FN3O7P/c1-19-10(4-15)7(21-22(17)18)6(11)8(20-10)14-3-2-5(12)13-9(14)16/h2-3,6-8,15H,4H2,1H3,(H2-,12,13,16,17,18)/p+1/t6?,7-,8-,10-/m1/s1. The molecule has 4 N–H and O–H groups in total. The fourth-order valence-corrected chi connectivity index (χ4v) is 2.62. The molecule has 0 amide bonds. The highest BCUT2D eigenvalue weighted by molar-refractivity contribution is 7.32. The van der Waals surface area contributed by atoms with Crippen LogP contribution in [0.4, 0.5) is 10.2 Å². The number of alkyl halides is 1. The third-order valence-corrected chi connectivity index (χ3v) is 3.62. The zero-order valence-corrected chi connectivity index (χ0v) is 12.2. The number of nitrogen functional groups attached to an aromatic ring is 1. The Bertz CT molecular complexity index is 623. The van der Waals surface area contributed by atoms with Gasteiger partial charge in [-0.25, -0.2) is 9.18 Å². The lowest BCUT2D eigenvalue weighted by atomic mass is 10.1. The molecule has 0 aliphatic carbocycles. The molecule has 1 saturated heterocycles. The van der Waals surface area contributed by atoms with E-state index in [9.17, 15) is 18.9 Å². The third kappa shape index (κ3) is 2.86. The van der Waals surface area contributed by atoms with Crippen molar-refractivity contribution in [3.63, 3.8) is 0 Å². The molecule has 5 atom stereocenters. The van der Waals surface area contributed by atoms with Gasteiger partial charge >= 0.3 is 13.9 Å². The van der Waals surface area contributed by atoms with Gasteiger partial charge in [-0.1, -0.05) is 0 Å². The Kier molecular flexibility index (Phi) is 4.85. The summed E-state index contributed by atoms with van der Waals surface area (Å²) in [6.07, 6.45) is -4.25. The monoisotopic (exact) mass is 338 g/mol. The summed E-state index contributed by atoms with van der Waals surface area (Å²) in [4.78, 5) is 24.0. The SMILES string of the molecule is CO[C@]1(CO)O[C@@H](n2ccc(N)nc2=O)C(F)[C@H]1O[P+](=O)O. The summed E-state index contributed by atoms with van der Waals surface area (Å²) in [5.74, 6) is -2.11. The second kappa shape index (κ2) is 6.32. The molecule has 0 aromatic carbocycles. The second-order valence-electron chi connectivity index (χ2n) is 4.43. The van der Waals surface area contributed by atoms with E-state index in [2.05, 4.69) is 9.51 Å². The molecule has 22 heavy (non-hydrogen) atoms. The number of halogens is 1. The number of rotatable bonds is 5. The number of nitrogens with zero attached hydrogens (tertiary/aromatic N) is 2. The van der Waals surface area contributed by atoms with E-state index < -0.39 is 44.8 Å². The molecule has 0 bridgehead atoms. The average molecular weight is 338 g/mol. The van der Waals surface area contributed by atoms with Crippen LogP contribution in [-0.4, -0.2) is 51.3 Å². The predicted octanol–water partition coefficient (Wildman–Crippen LogP) is -0.938. The van der Waals surface area contributed by atoms with Gasteiger partial charge in [-0.15, -0.1) is 9.42 Å². The summed E-state index contributed by atoms with van der Waals surface area (Å²) in [5, 5.41) is 9.40. The van der Waals surface area contributed by atoms with Gasteiger partial charge in [-0.3, -0.25) is 4.57 Å². The van der Waals surface area contributed by atoms with Crippen LogP contribution in [0.5, 0.6) is 0 Å². The molecule has 2 unspecified atom stereocenters. The van der Waals surface area contributed by atoms with Crippen molar-refractivity contribution in [1.82, 2.24) is 9.55 Å². The highest BCUT2D eigenvalue weighted by Crippen LogP contribution is 2.43. The van der Waals surface area contributed by atoms with E-state index in [1.165, 1.54) is 6.07 Å². The largest absolute Gasteiger partial charge is 0.695 e. The van der Waals surface area contributed by atoms with Crippen LogP contribution in [0.25, 0.3) is 0 Å². The number of hydrogen-bond donors (Lipinski definition) is 3. The number of aliphatic hydroxyl groups is 1. The molecule has 1 aliphatic rings. The first-order chi connectivity index (χ1) is 10.3. The maximum absolute atomic E-state index is 14.5. The highest BCUT2D eigenvalue weighted by atomic mass is 31.1. The molecule has 2 heterocycles. The van der Waals surface area contributed by atoms with Crippen molar-refractivity contribution >= 4 is 14.1 Å². The molecule has 0 spiro atoms. The van der Waals surface area contributed by atoms with E-state index in [-0.39, 0.29) is 5.82 Å². The number of ether oxygens (including phenoxy) is 2. The van der Waals surface area contributed by atoms with Gasteiger partial charge in [0.2, 0.25) is 11.9 Å². The van der Waals surface area contributed by atoms with E-state index in [0.29, 0.717) is 0 Å². The highest BCUT2D eigenvalue weighted by Gasteiger charge is 2.61. The van der Waals surface area contributed by atoms with Gasteiger partial charge in [0.15, 0.2) is 12.4 Å². The van der Waals surface area contributed by atoms with Gasteiger partial charge < -0.3 is 20.3 Å². The Labute approximate surface area is 124 Å².